The number of benzene rings is 4. The number of aliphatic hydroxyl groups excluding tert-OH is 2. The van der Waals surface area contributed by atoms with Crippen LogP contribution in [-0.2, 0) is 19.2 Å². The zero-order valence-corrected chi connectivity index (χ0v) is 35.6. The number of rotatable bonds is 13. The Hall–Kier alpha value is -8.14. The highest BCUT2D eigenvalue weighted by Crippen LogP contribution is 2.53. The van der Waals surface area contributed by atoms with E-state index in [2.05, 4.69) is 21.3 Å². The van der Waals surface area contributed by atoms with Crippen molar-refractivity contribution in [2.75, 3.05) is 23.7 Å². The van der Waals surface area contributed by atoms with Gasteiger partial charge in [0.05, 0.1) is 11.1 Å². The molecule has 0 saturated carbocycles. The number of amides is 2. The first-order valence-electron chi connectivity index (χ1n) is 20.1. The number of aromatic hydroxyl groups is 2. The summed E-state index contributed by atoms with van der Waals surface area (Å²) in [7, 11) is 0. The number of nitrogens with one attached hydrogen (secondary N) is 4. The normalized spacial score (nSPS) is 14.8. The standard InChI is InChI=1S/C48H46N4O12/c1-21(2)35-29-15-23(5)37(43(59)39(29)31(41(57)45(35)61)17-49-27-11-7-25(8-12-27)47(63)51-19-33(53)54)38-24(6)16-30-36(22(3)4)46(62)42(58)32(40(30)44(38)60)18-50-28-13-9-26(10-14-28)48(64)52-20-34(55)56/h7-18,21-22,49-50,59-62H,19-20H2,1-6H3,(H,51,63)(H,52,64)(H,53,54)(H,55,56)/b31-17-,32-18+. The van der Waals surface area contributed by atoms with Gasteiger partial charge in [0.1, 0.15) is 24.6 Å². The van der Waals surface area contributed by atoms with E-state index in [1.807, 2.05) is 0 Å². The minimum absolute atomic E-state index is 0.0507. The van der Waals surface area contributed by atoms with Gasteiger partial charge in [-0.1, -0.05) is 39.8 Å². The van der Waals surface area contributed by atoms with Gasteiger partial charge in [-0.2, -0.15) is 0 Å². The van der Waals surface area contributed by atoms with Crippen molar-refractivity contribution in [3.8, 4) is 22.6 Å². The molecule has 0 spiro atoms. The number of phenols is 2. The van der Waals surface area contributed by atoms with E-state index < -0.39 is 71.4 Å². The van der Waals surface area contributed by atoms with Gasteiger partial charge in [0.15, 0.2) is 11.5 Å². The number of carbonyl (C=O) groups is 6. The van der Waals surface area contributed by atoms with E-state index in [0.29, 0.717) is 33.6 Å². The number of fused-ring (bicyclic) bond motifs is 2. The van der Waals surface area contributed by atoms with E-state index in [4.69, 9.17) is 10.2 Å². The second-order valence-electron chi connectivity index (χ2n) is 15.9. The summed E-state index contributed by atoms with van der Waals surface area (Å²) in [5, 5.41) is 75.8. The monoisotopic (exact) mass is 870 g/mol. The largest absolute Gasteiger partial charge is 0.507 e. The van der Waals surface area contributed by atoms with Crippen molar-refractivity contribution in [1.82, 2.24) is 10.6 Å². The Balaban J connectivity index is 1.48. The lowest BCUT2D eigenvalue weighted by atomic mass is 9.75. The summed E-state index contributed by atoms with van der Waals surface area (Å²) in [6, 6.07) is 15.2. The van der Waals surface area contributed by atoms with Gasteiger partial charge in [-0.3, -0.25) is 28.8 Å². The van der Waals surface area contributed by atoms with Gasteiger partial charge in [0, 0.05) is 68.3 Å². The molecule has 10 N–H and O–H groups in total. The Bertz CT molecular complexity index is 2600. The fraction of sp³-hybridized carbons (Fsp3) is 0.208. The number of phenolic OH excluding ortho intramolecular Hbond substituents is 2. The van der Waals surface area contributed by atoms with Crippen molar-refractivity contribution in [3.05, 3.63) is 129 Å². The summed E-state index contributed by atoms with van der Waals surface area (Å²) >= 11 is 0. The third kappa shape index (κ3) is 8.66. The number of ketones is 2. The number of hydrogen-bond acceptors (Lipinski definition) is 12. The summed E-state index contributed by atoms with van der Waals surface area (Å²) in [4.78, 5) is 74.5. The number of Topliss-reactive ketones (excluding diaryl/α,β-unsaturated/α-hetero) is 2. The van der Waals surface area contributed by atoms with Crippen LogP contribution >= 0.6 is 0 Å². The lowest BCUT2D eigenvalue weighted by Gasteiger charge is -2.29. The van der Waals surface area contributed by atoms with Gasteiger partial charge < -0.3 is 51.9 Å². The Kier molecular flexibility index (Phi) is 12.8. The summed E-state index contributed by atoms with van der Waals surface area (Å²) in [6.45, 7) is 9.38. The highest BCUT2D eigenvalue weighted by molar-refractivity contribution is 6.35. The summed E-state index contributed by atoms with van der Waals surface area (Å²) < 4.78 is 0. The number of hydrogen-bond donors (Lipinski definition) is 10. The van der Waals surface area contributed by atoms with Crippen LogP contribution in [0.3, 0.4) is 0 Å². The maximum atomic E-state index is 14.0. The molecule has 2 aliphatic carbocycles. The van der Waals surface area contributed by atoms with Crippen molar-refractivity contribution >= 4 is 69.0 Å². The molecule has 0 aliphatic heterocycles. The molecule has 0 unspecified atom stereocenters. The second kappa shape index (κ2) is 18.1. The van der Waals surface area contributed by atoms with Crippen molar-refractivity contribution < 1.29 is 59.4 Å². The van der Waals surface area contributed by atoms with E-state index >= 15 is 0 Å². The third-order valence-electron chi connectivity index (χ3n) is 10.8. The van der Waals surface area contributed by atoms with E-state index in [1.165, 1.54) is 60.9 Å². The van der Waals surface area contributed by atoms with Crippen LogP contribution in [0.2, 0.25) is 0 Å². The molecule has 2 aliphatic rings. The van der Waals surface area contributed by atoms with Gasteiger partial charge in [0.25, 0.3) is 11.8 Å². The number of aryl methyl sites for hydroxylation is 2. The first kappa shape index (κ1) is 45.4. The van der Waals surface area contributed by atoms with Gasteiger partial charge in [0.2, 0.25) is 11.6 Å². The zero-order chi connectivity index (χ0) is 46.9. The molecular weight excluding hydrogens is 825 g/mol. The fourth-order valence-corrected chi connectivity index (χ4v) is 7.89. The average molecular weight is 871 g/mol. The van der Waals surface area contributed by atoms with Crippen LogP contribution in [0.1, 0.15) is 81.8 Å². The molecule has 64 heavy (non-hydrogen) atoms. The molecule has 0 aromatic heterocycles. The van der Waals surface area contributed by atoms with E-state index in [1.54, 1.807) is 53.7 Å². The molecule has 16 heteroatoms. The predicted molar refractivity (Wildman–Crippen MR) is 239 cm³/mol. The molecule has 0 fully saturated rings. The Morgan fingerprint density at radius 2 is 0.875 bits per heavy atom. The highest BCUT2D eigenvalue weighted by Gasteiger charge is 2.38. The first-order valence-corrected chi connectivity index (χ1v) is 20.1. The predicted octanol–water partition coefficient (Wildman–Crippen LogP) is 6.93. The van der Waals surface area contributed by atoms with Crippen LogP contribution < -0.4 is 21.3 Å². The minimum Gasteiger partial charge on any atom is -0.507 e. The molecule has 4 aromatic carbocycles. The van der Waals surface area contributed by atoms with E-state index in [-0.39, 0.29) is 67.5 Å². The van der Waals surface area contributed by atoms with Crippen LogP contribution in [0.4, 0.5) is 11.4 Å². The maximum Gasteiger partial charge on any atom is 0.322 e. The molecule has 6 rings (SSSR count). The maximum absolute atomic E-state index is 14.0. The second-order valence-corrected chi connectivity index (χ2v) is 15.9. The van der Waals surface area contributed by atoms with Gasteiger partial charge in [-0.25, -0.2) is 0 Å². The quantitative estimate of drug-likeness (QED) is 0.0611. The third-order valence-corrected chi connectivity index (χ3v) is 10.8. The Morgan fingerprint density at radius 1 is 0.547 bits per heavy atom. The molecular formula is C48H46N4O12. The number of aliphatic hydroxyl groups is 2. The van der Waals surface area contributed by atoms with Crippen LogP contribution in [0.15, 0.2) is 84.6 Å². The number of anilines is 2. The highest BCUT2D eigenvalue weighted by atomic mass is 16.4. The molecule has 0 radical (unpaired) electrons. The number of allylic oxidation sites excluding steroid dienone is 4. The Labute approximate surface area is 367 Å². The Morgan fingerprint density at radius 3 is 1.17 bits per heavy atom. The smallest absolute Gasteiger partial charge is 0.322 e. The minimum atomic E-state index is -1.21. The molecule has 0 atom stereocenters. The summed E-state index contributed by atoms with van der Waals surface area (Å²) in [5.74, 6) is -7.88. The van der Waals surface area contributed by atoms with Crippen molar-refractivity contribution in [1.29, 1.82) is 0 Å². The van der Waals surface area contributed by atoms with Gasteiger partial charge in [-0.15, -0.1) is 0 Å². The number of carbonyl (C=O) groups excluding carboxylic acids is 4. The van der Waals surface area contributed by atoms with Crippen LogP contribution in [0.5, 0.6) is 11.5 Å². The molecule has 330 valence electrons. The molecule has 4 aromatic rings. The molecule has 0 bridgehead atoms. The van der Waals surface area contributed by atoms with Crippen molar-refractivity contribution in [2.45, 2.75) is 41.5 Å². The molecule has 0 heterocycles. The van der Waals surface area contributed by atoms with E-state index in [0.717, 1.165) is 0 Å². The number of carboxylic acid groups (broad SMARTS) is 2. The first-order chi connectivity index (χ1) is 30.2. The lowest BCUT2D eigenvalue weighted by molar-refractivity contribution is -0.136. The summed E-state index contributed by atoms with van der Waals surface area (Å²) in [6.07, 6.45) is 2.60. The fourth-order valence-electron chi connectivity index (χ4n) is 7.89. The van der Waals surface area contributed by atoms with Gasteiger partial charge in [-0.05, 0) is 96.5 Å². The van der Waals surface area contributed by atoms with Crippen molar-refractivity contribution in [2.24, 2.45) is 11.8 Å². The van der Waals surface area contributed by atoms with Crippen LogP contribution in [0, 0.1) is 25.7 Å². The van der Waals surface area contributed by atoms with E-state index in [9.17, 15) is 49.2 Å². The van der Waals surface area contributed by atoms with Crippen LogP contribution in [-0.4, -0.2) is 79.0 Å². The van der Waals surface area contributed by atoms with Gasteiger partial charge >= 0.3 is 11.9 Å². The SMILES string of the molecule is Cc1cc2c(c(O)c1-c1c(C)cc3c(c1O)/C(=C\Nc1ccc(C(=O)NCC(=O)O)cc1)C(=O)C(O)=C3C(C)C)/C(=C/Nc1ccc(C(=O)NCC(=O)O)cc1)C(=O)C(O)=C2C(C)C. The zero-order valence-electron chi connectivity index (χ0n) is 35.6. The summed E-state index contributed by atoms with van der Waals surface area (Å²) in [5.41, 5.74) is 3.41. The lowest BCUT2D eigenvalue weighted by Crippen LogP contribution is -2.29. The average Bonchev–Trinajstić information content (AvgIpc) is 3.23. The van der Waals surface area contributed by atoms with Crippen molar-refractivity contribution in [3.63, 3.8) is 0 Å². The molecule has 16 nitrogen and oxygen atoms in total. The topological polar surface area (TPSA) is 272 Å². The molecule has 2 amide bonds. The number of aliphatic carboxylic acids is 2. The van der Waals surface area contributed by atoms with Crippen LogP contribution in [0.25, 0.3) is 33.4 Å². The molecule has 0 saturated heterocycles. The number of carboxylic acids is 2.